The summed E-state index contributed by atoms with van der Waals surface area (Å²) in [5.41, 5.74) is 1.37. The van der Waals surface area contributed by atoms with Gasteiger partial charge in [0.2, 0.25) is 5.65 Å². The molecular weight excluding hydrogens is 244 g/mol. The zero-order chi connectivity index (χ0) is 13.2. The zero-order valence-electron chi connectivity index (χ0n) is 10.1. The Kier molecular flexibility index (Phi) is 2.83. The predicted molar refractivity (Wildman–Crippen MR) is 65.9 cm³/mol. The Bertz CT molecular complexity index is 658. The van der Waals surface area contributed by atoms with Gasteiger partial charge >= 0.3 is 0 Å². The van der Waals surface area contributed by atoms with Gasteiger partial charge < -0.3 is 5.32 Å². The monoisotopic (exact) mass is 256 g/mol. The number of H-pyrrole nitrogens is 1. The summed E-state index contributed by atoms with van der Waals surface area (Å²) in [4.78, 5) is 16.2. The molecule has 0 aromatic carbocycles. The van der Waals surface area contributed by atoms with E-state index in [9.17, 15) is 4.79 Å². The zero-order valence-corrected chi connectivity index (χ0v) is 10.1. The number of carbonyl (C=O) groups excluding carboxylic acids is 1. The van der Waals surface area contributed by atoms with Gasteiger partial charge in [-0.1, -0.05) is 0 Å². The molecule has 1 aliphatic rings. The van der Waals surface area contributed by atoms with E-state index in [1.807, 2.05) is 0 Å². The highest BCUT2D eigenvalue weighted by Crippen LogP contribution is 2.24. The minimum Gasteiger partial charge on any atom is -0.348 e. The summed E-state index contributed by atoms with van der Waals surface area (Å²) in [5, 5.41) is 21.9. The van der Waals surface area contributed by atoms with Gasteiger partial charge in [0, 0.05) is 12.0 Å². The molecule has 0 bridgehead atoms. The standard InChI is InChI=1S/C12H12N6O/c13-6-7-1-2-8(5-7)14-12(19)10-4-3-9-11(15-10)17-18-16-9/h3-4,7-8H,1-2,5H2,(H,14,19)(H,15,16,17,18)/t7-,8+/m0/s1. The third kappa shape index (κ3) is 2.25. The first-order valence-corrected chi connectivity index (χ1v) is 6.14. The van der Waals surface area contributed by atoms with Gasteiger partial charge in [0.1, 0.15) is 11.2 Å². The number of nitriles is 1. The van der Waals surface area contributed by atoms with Crippen molar-refractivity contribution < 1.29 is 4.79 Å². The van der Waals surface area contributed by atoms with Gasteiger partial charge in [0.05, 0.1) is 6.07 Å². The van der Waals surface area contributed by atoms with Crippen LogP contribution in [0.25, 0.3) is 11.2 Å². The van der Waals surface area contributed by atoms with Crippen molar-refractivity contribution >= 4 is 17.1 Å². The van der Waals surface area contributed by atoms with Crippen LogP contribution in [0.5, 0.6) is 0 Å². The highest BCUT2D eigenvalue weighted by Gasteiger charge is 2.26. The Morgan fingerprint density at radius 1 is 1.42 bits per heavy atom. The summed E-state index contributed by atoms with van der Waals surface area (Å²) < 4.78 is 0. The number of hydrogen-bond donors (Lipinski definition) is 2. The van der Waals surface area contributed by atoms with E-state index in [0.717, 1.165) is 12.8 Å². The van der Waals surface area contributed by atoms with Crippen LogP contribution in [0.15, 0.2) is 12.1 Å². The summed E-state index contributed by atoms with van der Waals surface area (Å²) in [5.74, 6) is -0.176. The Balaban J connectivity index is 1.72. The molecule has 7 heteroatoms. The molecule has 7 nitrogen and oxygen atoms in total. The number of nitrogens with zero attached hydrogens (tertiary/aromatic N) is 4. The number of hydrogen-bond acceptors (Lipinski definition) is 5. The van der Waals surface area contributed by atoms with Crippen LogP contribution in [0.2, 0.25) is 0 Å². The van der Waals surface area contributed by atoms with Gasteiger partial charge in [0.15, 0.2) is 0 Å². The largest absolute Gasteiger partial charge is 0.348 e. The first-order valence-electron chi connectivity index (χ1n) is 6.14. The molecule has 2 atom stereocenters. The van der Waals surface area contributed by atoms with Crippen molar-refractivity contribution in [1.29, 1.82) is 5.26 Å². The minimum atomic E-state index is -0.228. The van der Waals surface area contributed by atoms with E-state index in [1.54, 1.807) is 12.1 Å². The second-order valence-corrected chi connectivity index (χ2v) is 4.67. The van der Waals surface area contributed by atoms with Gasteiger partial charge in [-0.25, -0.2) is 4.98 Å². The lowest BCUT2D eigenvalue weighted by Crippen LogP contribution is -2.33. The van der Waals surface area contributed by atoms with Gasteiger partial charge in [0.25, 0.3) is 5.91 Å². The number of fused-ring (bicyclic) bond motifs is 1. The van der Waals surface area contributed by atoms with Crippen LogP contribution < -0.4 is 5.32 Å². The second-order valence-electron chi connectivity index (χ2n) is 4.67. The van der Waals surface area contributed by atoms with Crippen LogP contribution in [-0.2, 0) is 0 Å². The molecule has 2 heterocycles. The van der Waals surface area contributed by atoms with E-state index in [0.29, 0.717) is 23.3 Å². The van der Waals surface area contributed by atoms with Crippen LogP contribution >= 0.6 is 0 Å². The summed E-state index contributed by atoms with van der Waals surface area (Å²) in [6, 6.07) is 5.62. The third-order valence-corrected chi connectivity index (χ3v) is 3.36. The number of carbonyl (C=O) groups is 1. The summed E-state index contributed by atoms with van der Waals surface area (Å²) in [6.07, 6.45) is 2.40. The SMILES string of the molecule is N#C[C@H]1CC[C@@H](NC(=O)c2ccc3n[nH]nc3n2)C1. The smallest absolute Gasteiger partial charge is 0.270 e. The molecule has 1 fully saturated rings. The lowest BCUT2D eigenvalue weighted by Gasteiger charge is -2.11. The van der Waals surface area contributed by atoms with E-state index in [1.165, 1.54) is 0 Å². The molecule has 0 radical (unpaired) electrons. The Labute approximate surface area is 109 Å². The molecule has 2 aromatic rings. The molecule has 3 rings (SSSR count). The average molecular weight is 256 g/mol. The average Bonchev–Trinajstić information content (AvgIpc) is 3.05. The maximum absolute atomic E-state index is 12.0. The molecule has 0 aliphatic heterocycles. The van der Waals surface area contributed by atoms with Crippen LogP contribution in [0, 0.1) is 17.2 Å². The Hall–Kier alpha value is -2.49. The maximum atomic E-state index is 12.0. The van der Waals surface area contributed by atoms with E-state index >= 15 is 0 Å². The maximum Gasteiger partial charge on any atom is 0.270 e. The van der Waals surface area contributed by atoms with Crippen molar-refractivity contribution in [3.8, 4) is 6.07 Å². The van der Waals surface area contributed by atoms with Gasteiger partial charge in [-0.3, -0.25) is 4.79 Å². The van der Waals surface area contributed by atoms with Gasteiger partial charge in [-0.2, -0.15) is 15.6 Å². The molecule has 0 saturated heterocycles. The lowest BCUT2D eigenvalue weighted by atomic mass is 10.1. The first-order chi connectivity index (χ1) is 9.26. The fourth-order valence-electron chi connectivity index (χ4n) is 2.35. The number of aromatic amines is 1. The molecular formula is C12H12N6O. The summed E-state index contributed by atoms with van der Waals surface area (Å²) >= 11 is 0. The molecule has 2 aromatic heterocycles. The van der Waals surface area contributed by atoms with Crippen LogP contribution in [0.3, 0.4) is 0 Å². The van der Waals surface area contributed by atoms with Crippen molar-refractivity contribution in [3.05, 3.63) is 17.8 Å². The van der Waals surface area contributed by atoms with Crippen molar-refractivity contribution in [2.45, 2.75) is 25.3 Å². The number of amides is 1. The number of nitrogens with one attached hydrogen (secondary N) is 2. The van der Waals surface area contributed by atoms with Crippen molar-refractivity contribution in [3.63, 3.8) is 0 Å². The summed E-state index contributed by atoms with van der Waals surface area (Å²) in [6.45, 7) is 0. The normalized spacial score (nSPS) is 22.3. The van der Waals surface area contributed by atoms with E-state index in [-0.39, 0.29) is 17.9 Å². The first kappa shape index (κ1) is 11.6. The molecule has 2 N–H and O–H groups in total. The summed E-state index contributed by atoms with van der Waals surface area (Å²) in [7, 11) is 0. The highest BCUT2D eigenvalue weighted by atomic mass is 16.1. The second kappa shape index (κ2) is 4.65. The lowest BCUT2D eigenvalue weighted by molar-refractivity contribution is 0.0933. The number of pyridine rings is 1. The number of aromatic nitrogens is 4. The Morgan fingerprint density at radius 3 is 3.11 bits per heavy atom. The predicted octanol–water partition coefficient (Wildman–Crippen LogP) is 0.775. The fourth-order valence-corrected chi connectivity index (χ4v) is 2.35. The molecule has 0 spiro atoms. The van der Waals surface area contributed by atoms with Gasteiger partial charge in [-0.05, 0) is 31.4 Å². The third-order valence-electron chi connectivity index (χ3n) is 3.36. The molecule has 19 heavy (non-hydrogen) atoms. The van der Waals surface area contributed by atoms with E-state index in [2.05, 4.69) is 31.8 Å². The van der Waals surface area contributed by atoms with Gasteiger partial charge in [-0.15, -0.1) is 5.10 Å². The number of rotatable bonds is 2. The molecule has 1 saturated carbocycles. The molecule has 0 unspecified atom stereocenters. The van der Waals surface area contributed by atoms with Crippen LogP contribution in [-0.4, -0.2) is 32.3 Å². The van der Waals surface area contributed by atoms with Crippen molar-refractivity contribution in [2.24, 2.45) is 5.92 Å². The van der Waals surface area contributed by atoms with Crippen molar-refractivity contribution in [1.82, 2.24) is 25.7 Å². The molecule has 1 aliphatic carbocycles. The van der Waals surface area contributed by atoms with Crippen molar-refractivity contribution in [2.75, 3.05) is 0 Å². The minimum absolute atomic E-state index is 0.0521. The molecule has 1 amide bonds. The Morgan fingerprint density at radius 2 is 2.32 bits per heavy atom. The van der Waals surface area contributed by atoms with E-state index in [4.69, 9.17) is 5.26 Å². The highest BCUT2D eigenvalue weighted by molar-refractivity contribution is 5.94. The van der Waals surface area contributed by atoms with E-state index < -0.39 is 0 Å². The molecule has 96 valence electrons. The quantitative estimate of drug-likeness (QED) is 0.825. The topological polar surface area (TPSA) is 107 Å². The van der Waals surface area contributed by atoms with Crippen LogP contribution in [0.4, 0.5) is 0 Å². The van der Waals surface area contributed by atoms with Crippen LogP contribution in [0.1, 0.15) is 29.8 Å². The fraction of sp³-hybridized carbons (Fsp3) is 0.417.